The number of imidazole rings is 1. The van der Waals surface area contributed by atoms with Crippen molar-refractivity contribution in [3.63, 3.8) is 0 Å². The first kappa shape index (κ1) is 18.7. The highest BCUT2D eigenvalue weighted by Crippen LogP contribution is 2.19. The maximum atomic E-state index is 12.4. The van der Waals surface area contributed by atoms with Crippen molar-refractivity contribution in [1.82, 2.24) is 24.6 Å². The number of nitrogens with one attached hydrogen (secondary N) is 1. The van der Waals surface area contributed by atoms with Gasteiger partial charge in [-0.25, -0.2) is 9.67 Å². The minimum absolute atomic E-state index is 0.164. The number of carbonyl (C=O) groups excluding carboxylic acids is 1. The molecule has 0 aliphatic carbocycles. The highest BCUT2D eigenvalue weighted by Gasteiger charge is 2.11. The number of amides is 1. The van der Waals surface area contributed by atoms with Crippen molar-refractivity contribution in [3.05, 3.63) is 83.4 Å². The first-order valence-corrected chi connectivity index (χ1v) is 9.52. The van der Waals surface area contributed by atoms with Crippen molar-refractivity contribution in [1.29, 1.82) is 0 Å². The van der Waals surface area contributed by atoms with Crippen LogP contribution in [0.1, 0.15) is 22.8 Å². The van der Waals surface area contributed by atoms with Gasteiger partial charge in [-0.3, -0.25) is 4.79 Å². The molecule has 4 aromatic rings. The molecule has 6 nitrogen and oxygen atoms in total. The molecule has 4 rings (SSSR count). The summed E-state index contributed by atoms with van der Waals surface area (Å²) in [6, 6.07) is 17.9. The van der Waals surface area contributed by atoms with E-state index in [1.54, 1.807) is 6.08 Å². The molecule has 2 aromatic heterocycles. The zero-order valence-electron chi connectivity index (χ0n) is 16.8. The zero-order chi connectivity index (χ0) is 20.4. The summed E-state index contributed by atoms with van der Waals surface area (Å²) in [5, 5.41) is 7.52. The number of para-hydroxylation sites is 3. The lowest BCUT2D eigenvalue weighted by Gasteiger charge is -2.04. The number of carbonyl (C=O) groups is 1. The molecule has 0 saturated carbocycles. The minimum atomic E-state index is -0.164. The van der Waals surface area contributed by atoms with Crippen LogP contribution in [0.4, 0.5) is 0 Å². The van der Waals surface area contributed by atoms with Crippen LogP contribution in [-0.2, 0) is 18.4 Å². The molecule has 0 fully saturated rings. The average molecular weight is 385 g/mol. The van der Waals surface area contributed by atoms with Crippen molar-refractivity contribution < 1.29 is 4.79 Å². The molecule has 0 radical (unpaired) electrons. The van der Waals surface area contributed by atoms with Crippen LogP contribution in [-0.4, -0.2) is 25.2 Å². The van der Waals surface area contributed by atoms with E-state index in [0.29, 0.717) is 6.54 Å². The summed E-state index contributed by atoms with van der Waals surface area (Å²) in [5.74, 6) is 0.653. The zero-order valence-corrected chi connectivity index (χ0v) is 16.8. The van der Waals surface area contributed by atoms with Gasteiger partial charge in [-0.15, -0.1) is 0 Å². The third-order valence-electron chi connectivity index (χ3n) is 5.05. The number of nitrogens with zero attached hydrogens (tertiary/aromatic N) is 4. The molecule has 1 N–H and O–H groups in total. The van der Waals surface area contributed by atoms with Crippen LogP contribution in [0.2, 0.25) is 0 Å². The number of aryl methyl sites for hydroxylation is 2. The van der Waals surface area contributed by atoms with Gasteiger partial charge in [-0.2, -0.15) is 5.10 Å². The summed E-state index contributed by atoms with van der Waals surface area (Å²) in [4.78, 5) is 16.9. The van der Waals surface area contributed by atoms with Crippen molar-refractivity contribution in [2.24, 2.45) is 7.05 Å². The van der Waals surface area contributed by atoms with Crippen LogP contribution in [0.3, 0.4) is 0 Å². The predicted molar refractivity (Wildman–Crippen MR) is 115 cm³/mol. The molecule has 0 aliphatic heterocycles. The molecule has 2 heterocycles. The summed E-state index contributed by atoms with van der Waals surface area (Å²) in [5.41, 5.74) is 5.80. The highest BCUT2D eigenvalue weighted by molar-refractivity contribution is 5.92. The summed E-state index contributed by atoms with van der Waals surface area (Å²) in [6.45, 7) is 4.32. The molecular formula is C23H23N5O. The van der Waals surface area contributed by atoms with Gasteiger partial charge in [-0.05, 0) is 44.2 Å². The van der Waals surface area contributed by atoms with Gasteiger partial charge in [0.1, 0.15) is 5.82 Å². The van der Waals surface area contributed by atoms with Crippen LogP contribution in [0, 0.1) is 13.8 Å². The van der Waals surface area contributed by atoms with E-state index in [-0.39, 0.29) is 5.91 Å². The Bertz CT molecular complexity index is 1200. The van der Waals surface area contributed by atoms with Gasteiger partial charge in [0.05, 0.1) is 29.0 Å². The molecular weight excluding hydrogens is 362 g/mol. The Kier molecular flexibility index (Phi) is 4.99. The lowest BCUT2D eigenvalue weighted by molar-refractivity contribution is -0.116. The second-order valence-corrected chi connectivity index (χ2v) is 6.96. The van der Waals surface area contributed by atoms with Gasteiger partial charge >= 0.3 is 0 Å². The lowest BCUT2D eigenvalue weighted by Crippen LogP contribution is -2.22. The number of aromatic nitrogens is 4. The average Bonchev–Trinajstić information content (AvgIpc) is 3.21. The van der Waals surface area contributed by atoms with Crippen molar-refractivity contribution in [3.8, 4) is 5.69 Å². The molecule has 0 aliphatic rings. The molecule has 0 atom stereocenters. The molecule has 0 saturated heterocycles. The number of fused-ring (bicyclic) bond motifs is 1. The first-order chi connectivity index (χ1) is 14.0. The summed E-state index contributed by atoms with van der Waals surface area (Å²) in [6.07, 6.45) is 3.37. The van der Waals surface area contributed by atoms with E-state index in [0.717, 1.165) is 39.5 Å². The fourth-order valence-corrected chi connectivity index (χ4v) is 3.45. The van der Waals surface area contributed by atoms with Crippen molar-refractivity contribution in [2.75, 3.05) is 0 Å². The fraction of sp³-hybridized carbons (Fsp3) is 0.174. The fourth-order valence-electron chi connectivity index (χ4n) is 3.45. The minimum Gasteiger partial charge on any atom is -0.345 e. The van der Waals surface area contributed by atoms with E-state index >= 15 is 0 Å². The van der Waals surface area contributed by atoms with Crippen molar-refractivity contribution >= 4 is 23.0 Å². The molecule has 0 spiro atoms. The molecule has 6 heteroatoms. The second-order valence-electron chi connectivity index (χ2n) is 6.96. The number of rotatable bonds is 5. The van der Waals surface area contributed by atoms with Crippen LogP contribution < -0.4 is 5.32 Å². The van der Waals surface area contributed by atoms with E-state index in [1.165, 1.54) is 0 Å². The molecule has 1 amide bonds. The van der Waals surface area contributed by atoms with Gasteiger partial charge in [0.2, 0.25) is 5.91 Å². The predicted octanol–water partition coefficient (Wildman–Crippen LogP) is 3.71. The van der Waals surface area contributed by atoms with Gasteiger partial charge in [0.15, 0.2) is 0 Å². The normalized spacial score (nSPS) is 11.4. The van der Waals surface area contributed by atoms with Gasteiger partial charge in [0.25, 0.3) is 0 Å². The maximum Gasteiger partial charge on any atom is 0.244 e. The van der Waals surface area contributed by atoms with E-state index < -0.39 is 0 Å². The van der Waals surface area contributed by atoms with E-state index in [4.69, 9.17) is 0 Å². The van der Waals surface area contributed by atoms with Crippen LogP contribution in [0.5, 0.6) is 0 Å². The lowest BCUT2D eigenvalue weighted by atomic mass is 10.2. The van der Waals surface area contributed by atoms with Gasteiger partial charge in [0, 0.05) is 24.4 Å². The van der Waals surface area contributed by atoms with Crippen LogP contribution in [0.15, 0.2) is 60.7 Å². The van der Waals surface area contributed by atoms with Crippen molar-refractivity contribution in [2.45, 2.75) is 20.4 Å². The van der Waals surface area contributed by atoms with E-state index in [9.17, 15) is 4.79 Å². The topological polar surface area (TPSA) is 64.7 Å². The van der Waals surface area contributed by atoms with Crippen LogP contribution in [0.25, 0.3) is 22.8 Å². The van der Waals surface area contributed by atoms with Gasteiger partial charge in [-0.1, -0.05) is 30.3 Å². The van der Waals surface area contributed by atoms with Crippen LogP contribution >= 0.6 is 0 Å². The Morgan fingerprint density at radius 1 is 1.07 bits per heavy atom. The number of hydrogen-bond donors (Lipinski definition) is 1. The molecule has 29 heavy (non-hydrogen) atoms. The molecule has 2 aromatic carbocycles. The third kappa shape index (κ3) is 3.69. The summed E-state index contributed by atoms with van der Waals surface area (Å²) >= 11 is 0. The summed E-state index contributed by atoms with van der Waals surface area (Å²) in [7, 11) is 1.96. The monoisotopic (exact) mass is 385 g/mol. The van der Waals surface area contributed by atoms with E-state index in [2.05, 4.69) is 15.4 Å². The Labute approximate surface area is 169 Å². The highest BCUT2D eigenvalue weighted by atomic mass is 16.1. The molecule has 146 valence electrons. The standard InChI is InChI=1S/C23H23N5O/c1-16-19(17(2)28(26-16)18-9-5-4-6-10-18)13-14-23(29)24-15-22-25-20-11-7-8-12-21(20)27(22)3/h4-14H,15H2,1-3H3,(H,24,29)/b14-13+. The SMILES string of the molecule is Cc1nn(-c2ccccc2)c(C)c1/C=C/C(=O)NCc1nc2ccccc2n1C. The number of benzene rings is 2. The number of hydrogen-bond acceptors (Lipinski definition) is 3. The molecule has 0 unspecified atom stereocenters. The largest absolute Gasteiger partial charge is 0.345 e. The Morgan fingerprint density at radius 3 is 2.55 bits per heavy atom. The first-order valence-electron chi connectivity index (χ1n) is 9.52. The third-order valence-corrected chi connectivity index (χ3v) is 5.05. The van der Waals surface area contributed by atoms with Gasteiger partial charge < -0.3 is 9.88 Å². The smallest absolute Gasteiger partial charge is 0.244 e. The second kappa shape index (κ2) is 7.75. The Balaban J connectivity index is 1.47. The Morgan fingerprint density at radius 2 is 1.79 bits per heavy atom. The summed E-state index contributed by atoms with van der Waals surface area (Å²) < 4.78 is 3.89. The van der Waals surface area contributed by atoms with E-state index in [1.807, 2.05) is 90.8 Å². The maximum absolute atomic E-state index is 12.4. The molecule has 0 bridgehead atoms. The Hall–Kier alpha value is -3.67. The quantitative estimate of drug-likeness (QED) is 0.533.